The van der Waals surface area contributed by atoms with E-state index in [9.17, 15) is 4.79 Å². The van der Waals surface area contributed by atoms with E-state index in [4.69, 9.17) is 9.72 Å². The van der Waals surface area contributed by atoms with E-state index in [1.165, 1.54) is 11.3 Å². The molecule has 6 nitrogen and oxygen atoms in total. The van der Waals surface area contributed by atoms with Crippen LogP contribution in [-0.4, -0.2) is 57.9 Å². The lowest BCUT2D eigenvalue weighted by molar-refractivity contribution is 0.0626. The van der Waals surface area contributed by atoms with E-state index in [0.717, 1.165) is 56.2 Å². The smallest absolute Gasteiger partial charge is 0.254 e. The number of carbonyl (C=O) groups is 1. The Morgan fingerprint density at radius 1 is 1.10 bits per heavy atom. The fourth-order valence-electron chi connectivity index (χ4n) is 3.95. The van der Waals surface area contributed by atoms with Gasteiger partial charge in [-0.3, -0.25) is 9.69 Å². The molecule has 4 rings (SSSR count). The maximum atomic E-state index is 12.9. The largest absolute Gasteiger partial charge is 0.494 e. The zero-order valence-electron chi connectivity index (χ0n) is 18.1. The van der Waals surface area contributed by atoms with Crippen molar-refractivity contribution >= 4 is 11.6 Å². The Morgan fingerprint density at radius 2 is 1.90 bits per heavy atom. The van der Waals surface area contributed by atoms with Gasteiger partial charge in [0.1, 0.15) is 11.4 Å². The van der Waals surface area contributed by atoms with Crippen LogP contribution in [0.5, 0.6) is 5.75 Å². The van der Waals surface area contributed by atoms with Crippen LogP contribution in [0.2, 0.25) is 0 Å². The first-order valence-electron chi connectivity index (χ1n) is 10.7. The molecule has 3 aromatic rings. The Balaban J connectivity index is 1.38. The number of aromatic nitrogens is 2. The van der Waals surface area contributed by atoms with Gasteiger partial charge in [-0.1, -0.05) is 13.0 Å². The second-order valence-corrected chi connectivity index (χ2v) is 8.02. The van der Waals surface area contributed by atoms with Crippen molar-refractivity contribution in [2.45, 2.75) is 33.7 Å². The number of carbonyl (C=O) groups excluding carboxylic acids is 1. The van der Waals surface area contributed by atoms with Crippen LogP contribution in [0.1, 0.15) is 40.7 Å². The second kappa shape index (κ2) is 8.88. The minimum Gasteiger partial charge on any atom is -0.494 e. The molecule has 1 saturated heterocycles. The van der Waals surface area contributed by atoms with Gasteiger partial charge in [-0.25, -0.2) is 4.98 Å². The van der Waals surface area contributed by atoms with E-state index < -0.39 is 0 Å². The first kappa shape index (κ1) is 20.4. The molecule has 0 atom stereocenters. The van der Waals surface area contributed by atoms with E-state index in [0.29, 0.717) is 12.2 Å². The Bertz CT molecular complexity index is 1030. The van der Waals surface area contributed by atoms with Gasteiger partial charge in [0.15, 0.2) is 0 Å². The summed E-state index contributed by atoms with van der Waals surface area (Å²) in [6.45, 7) is 10.9. The van der Waals surface area contributed by atoms with Crippen LogP contribution in [0.4, 0.5) is 0 Å². The highest BCUT2D eigenvalue weighted by atomic mass is 16.5. The van der Waals surface area contributed by atoms with E-state index in [2.05, 4.69) is 48.4 Å². The zero-order valence-corrected chi connectivity index (χ0v) is 18.1. The molecule has 1 fully saturated rings. The van der Waals surface area contributed by atoms with Crippen molar-refractivity contribution < 1.29 is 9.53 Å². The molecule has 3 heterocycles. The number of ether oxygens (including phenoxy) is 1. The Hall–Kier alpha value is -2.86. The molecular weight excluding hydrogens is 376 g/mol. The van der Waals surface area contributed by atoms with Crippen LogP contribution in [0.3, 0.4) is 0 Å². The molecule has 158 valence electrons. The van der Waals surface area contributed by atoms with Crippen molar-refractivity contribution in [2.75, 3.05) is 32.8 Å². The van der Waals surface area contributed by atoms with Gasteiger partial charge in [0.05, 0.1) is 18.0 Å². The number of imidazole rings is 1. The van der Waals surface area contributed by atoms with Gasteiger partial charge in [-0.15, -0.1) is 0 Å². The monoisotopic (exact) mass is 406 g/mol. The summed E-state index contributed by atoms with van der Waals surface area (Å²) in [5.41, 5.74) is 5.22. The number of rotatable bonds is 6. The minimum absolute atomic E-state index is 0.0815. The van der Waals surface area contributed by atoms with Gasteiger partial charge in [0, 0.05) is 44.5 Å². The van der Waals surface area contributed by atoms with Gasteiger partial charge in [0.2, 0.25) is 0 Å². The normalized spacial score (nSPS) is 15.0. The molecule has 1 aliphatic rings. The lowest BCUT2D eigenvalue weighted by Gasteiger charge is -2.34. The topological polar surface area (TPSA) is 50.1 Å². The molecule has 0 spiro atoms. The molecule has 1 aliphatic heterocycles. The van der Waals surface area contributed by atoms with E-state index in [1.807, 2.05) is 29.2 Å². The highest BCUT2D eigenvalue weighted by molar-refractivity contribution is 5.94. The van der Waals surface area contributed by atoms with Crippen LogP contribution in [0.15, 0.2) is 42.6 Å². The molecule has 1 amide bonds. The molecule has 0 radical (unpaired) electrons. The number of pyridine rings is 1. The Labute approximate surface area is 178 Å². The lowest BCUT2D eigenvalue weighted by Crippen LogP contribution is -2.48. The molecule has 0 bridgehead atoms. The molecule has 1 aromatic carbocycles. The van der Waals surface area contributed by atoms with E-state index in [1.54, 1.807) is 0 Å². The van der Waals surface area contributed by atoms with Crippen molar-refractivity contribution in [3.63, 3.8) is 0 Å². The first-order chi connectivity index (χ1) is 14.5. The first-order valence-corrected chi connectivity index (χ1v) is 10.7. The quantitative estimate of drug-likeness (QED) is 0.626. The number of piperazine rings is 1. The van der Waals surface area contributed by atoms with Gasteiger partial charge in [-0.05, 0) is 56.2 Å². The Kier molecular flexibility index (Phi) is 6.04. The fourth-order valence-corrected chi connectivity index (χ4v) is 3.95. The van der Waals surface area contributed by atoms with Gasteiger partial charge in [-0.2, -0.15) is 0 Å². The third kappa shape index (κ3) is 4.33. The molecular formula is C24H30N4O2. The summed E-state index contributed by atoms with van der Waals surface area (Å²) in [6.07, 6.45) is 3.05. The number of benzene rings is 1. The third-order valence-electron chi connectivity index (χ3n) is 5.67. The van der Waals surface area contributed by atoms with Gasteiger partial charge >= 0.3 is 0 Å². The van der Waals surface area contributed by atoms with Gasteiger partial charge in [0.25, 0.3) is 5.91 Å². The molecule has 30 heavy (non-hydrogen) atoms. The molecule has 0 N–H and O–H groups in total. The maximum absolute atomic E-state index is 12.9. The van der Waals surface area contributed by atoms with Crippen molar-refractivity contribution in [1.29, 1.82) is 0 Å². The van der Waals surface area contributed by atoms with Crippen LogP contribution in [0.25, 0.3) is 5.65 Å². The highest BCUT2D eigenvalue weighted by Gasteiger charge is 2.23. The maximum Gasteiger partial charge on any atom is 0.254 e. The summed E-state index contributed by atoms with van der Waals surface area (Å²) < 4.78 is 7.86. The standard InChI is InChI=1S/C24H30N4O2/c1-4-14-30-21-7-5-6-20(16-21)24(29)27-12-10-26(11-13-27)17-22-19(3)25-23-15-18(2)8-9-28(22)23/h5-9,15-16H,4,10-14,17H2,1-3H3. The second-order valence-electron chi connectivity index (χ2n) is 8.02. The zero-order chi connectivity index (χ0) is 21.1. The number of fused-ring (bicyclic) bond motifs is 1. The van der Waals surface area contributed by atoms with Crippen molar-refractivity contribution in [3.8, 4) is 5.75 Å². The molecule has 0 saturated carbocycles. The van der Waals surface area contributed by atoms with Gasteiger partial charge < -0.3 is 14.0 Å². The minimum atomic E-state index is 0.0815. The van der Waals surface area contributed by atoms with Crippen LogP contribution in [-0.2, 0) is 6.54 Å². The lowest BCUT2D eigenvalue weighted by atomic mass is 10.1. The number of hydrogen-bond acceptors (Lipinski definition) is 4. The predicted molar refractivity (Wildman–Crippen MR) is 118 cm³/mol. The predicted octanol–water partition coefficient (Wildman–Crippen LogP) is 3.70. The fraction of sp³-hybridized carbons (Fsp3) is 0.417. The van der Waals surface area contributed by atoms with Crippen molar-refractivity contribution in [1.82, 2.24) is 19.2 Å². The third-order valence-corrected chi connectivity index (χ3v) is 5.67. The number of amides is 1. The van der Waals surface area contributed by atoms with Crippen molar-refractivity contribution in [3.05, 3.63) is 65.1 Å². The van der Waals surface area contributed by atoms with E-state index >= 15 is 0 Å². The Morgan fingerprint density at radius 3 is 2.67 bits per heavy atom. The summed E-state index contributed by atoms with van der Waals surface area (Å²) in [5.74, 6) is 0.845. The number of hydrogen-bond donors (Lipinski definition) is 0. The molecule has 2 aromatic heterocycles. The van der Waals surface area contributed by atoms with Crippen molar-refractivity contribution in [2.24, 2.45) is 0 Å². The number of aryl methyl sites for hydroxylation is 2. The van der Waals surface area contributed by atoms with E-state index in [-0.39, 0.29) is 5.91 Å². The molecule has 6 heteroatoms. The molecule has 0 aliphatic carbocycles. The average Bonchev–Trinajstić information content (AvgIpc) is 3.06. The summed E-state index contributed by atoms with van der Waals surface area (Å²) in [6, 6.07) is 11.8. The van der Waals surface area contributed by atoms with Crippen LogP contribution < -0.4 is 4.74 Å². The molecule has 0 unspecified atom stereocenters. The highest BCUT2D eigenvalue weighted by Crippen LogP contribution is 2.19. The number of nitrogens with zero attached hydrogens (tertiary/aromatic N) is 4. The summed E-state index contributed by atoms with van der Waals surface area (Å²) in [4.78, 5) is 22.0. The summed E-state index contributed by atoms with van der Waals surface area (Å²) in [5, 5.41) is 0. The SMILES string of the molecule is CCCOc1cccc(C(=O)N2CCN(Cc3c(C)nc4cc(C)ccn34)CC2)c1. The van der Waals surface area contributed by atoms with Crippen LogP contribution >= 0.6 is 0 Å². The summed E-state index contributed by atoms with van der Waals surface area (Å²) >= 11 is 0. The van der Waals surface area contributed by atoms with Crippen LogP contribution in [0, 0.1) is 13.8 Å². The summed E-state index contributed by atoms with van der Waals surface area (Å²) in [7, 11) is 0. The average molecular weight is 407 g/mol.